The van der Waals surface area contributed by atoms with Crippen molar-refractivity contribution in [2.24, 2.45) is 0 Å². The van der Waals surface area contributed by atoms with Crippen molar-refractivity contribution >= 4 is 35.3 Å². The molecule has 164 valence electrons. The van der Waals surface area contributed by atoms with Gasteiger partial charge >= 0.3 is 6.09 Å². The summed E-state index contributed by atoms with van der Waals surface area (Å²) in [6, 6.07) is 12.7. The number of nitrogens with one attached hydrogen (secondary N) is 1. The number of ketones is 2. The molecule has 1 saturated heterocycles. The number of ether oxygens (including phenoxy) is 1. The maximum Gasteiger partial charge on any atom is 0.412 e. The molecule has 0 bridgehead atoms. The molecule has 2 aromatic carbocycles. The molecule has 1 aliphatic rings. The van der Waals surface area contributed by atoms with Crippen LogP contribution in [0.3, 0.4) is 0 Å². The van der Waals surface area contributed by atoms with Gasteiger partial charge in [0.05, 0.1) is 6.04 Å². The molecule has 8 heteroatoms. The van der Waals surface area contributed by atoms with Gasteiger partial charge in [-0.3, -0.25) is 14.9 Å². The Balaban J connectivity index is 1.74. The minimum atomic E-state index is -0.672. The molecule has 2 atom stereocenters. The monoisotopic (exact) mass is 444 g/mol. The van der Waals surface area contributed by atoms with Gasteiger partial charge in [-0.05, 0) is 45.4 Å². The lowest BCUT2D eigenvalue weighted by Gasteiger charge is -2.34. The molecule has 1 aliphatic heterocycles. The maximum absolute atomic E-state index is 14.7. The Morgan fingerprint density at radius 3 is 2.42 bits per heavy atom. The molecule has 6 nitrogen and oxygen atoms in total. The number of rotatable bonds is 4. The molecule has 0 saturated carbocycles. The highest BCUT2D eigenvalue weighted by Gasteiger charge is 2.41. The first-order valence-electron chi connectivity index (χ1n) is 9.90. The van der Waals surface area contributed by atoms with Gasteiger partial charge in [-0.25, -0.2) is 13.5 Å². The van der Waals surface area contributed by atoms with E-state index in [1.54, 1.807) is 56.3 Å². The smallest absolute Gasteiger partial charge is 0.412 e. The van der Waals surface area contributed by atoms with E-state index >= 15 is 0 Å². The summed E-state index contributed by atoms with van der Waals surface area (Å²) in [4.78, 5) is 36.9. The SMILES string of the molecule is C[C@H]1C(=O)C(=O)C(c2ccccc2)SN1Cc1ccc(NC(=O)OC(C)(C)C)cc1F. The fraction of sp³-hybridized carbons (Fsp3) is 0.348. The lowest BCUT2D eigenvalue weighted by atomic mass is 10.0. The minimum Gasteiger partial charge on any atom is -0.444 e. The number of anilines is 1. The van der Waals surface area contributed by atoms with Crippen LogP contribution < -0.4 is 5.32 Å². The fourth-order valence-electron chi connectivity index (χ4n) is 3.10. The summed E-state index contributed by atoms with van der Waals surface area (Å²) in [6.45, 7) is 6.99. The summed E-state index contributed by atoms with van der Waals surface area (Å²) in [5.41, 5.74) is 0.690. The number of carbonyl (C=O) groups is 3. The second-order valence-corrected chi connectivity index (χ2v) is 9.46. The molecular weight excluding hydrogens is 419 g/mol. The van der Waals surface area contributed by atoms with Crippen molar-refractivity contribution in [2.75, 3.05) is 5.32 Å². The van der Waals surface area contributed by atoms with Crippen LogP contribution in [0.2, 0.25) is 0 Å². The van der Waals surface area contributed by atoms with Gasteiger partial charge in [0.15, 0.2) is 0 Å². The molecule has 0 radical (unpaired) electrons. The van der Waals surface area contributed by atoms with Gasteiger partial charge in [-0.1, -0.05) is 48.3 Å². The predicted octanol–water partition coefficient (Wildman–Crippen LogP) is 4.90. The standard InChI is InChI=1S/C23H25FN2O4S/c1-14-19(27)20(28)21(15-8-6-5-7-9-15)31-26(14)13-16-10-11-17(12-18(16)24)25-22(29)30-23(2,3)4/h5-12,14,21H,13H2,1-4H3,(H,25,29)/t14-,21?/m0/s1. The molecular formula is C23H25FN2O4S. The highest BCUT2D eigenvalue weighted by molar-refractivity contribution is 7.98. The first-order valence-corrected chi connectivity index (χ1v) is 10.7. The highest BCUT2D eigenvalue weighted by atomic mass is 32.2. The van der Waals surface area contributed by atoms with Gasteiger partial charge in [0.1, 0.15) is 16.7 Å². The number of nitrogens with zero attached hydrogens (tertiary/aromatic N) is 1. The zero-order valence-electron chi connectivity index (χ0n) is 17.8. The van der Waals surface area contributed by atoms with Crippen LogP contribution in [0.5, 0.6) is 0 Å². The second-order valence-electron chi connectivity index (χ2n) is 8.31. The maximum atomic E-state index is 14.7. The number of hydrogen-bond acceptors (Lipinski definition) is 6. The Bertz CT molecular complexity index is 991. The van der Waals surface area contributed by atoms with Gasteiger partial charge in [-0.2, -0.15) is 0 Å². The molecule has 31 heavy (non-hydrogen) atoms. The van der Waals surface area contributed by atoms with Crippen molar-refractivity contribution < 1.29 is 23.5 Å². The van der Waals surface area contributed by atoms with E-state index in [1.165, 1.54) is 18.0 Å². The first kappa shape index (κ1) is 23.0. The summed E-state index contributed by atoms with van der Waals surface area (Å²) < 4.78 is 21.6. The van der Waals surface area contributed by atoms with E-state index in [4.69, 9.17) is 4.74 Å². The van der Waals surface area contributed by atoms with Crippen LogP contribution in [0.4, 0.5) is 14.9 Å². The summed E-state index contributed by atoms with van der Waals surface area (Å²) in [6.07, 6.45) is -0.672. The summed E-state index contributed by atoms with van der Waals surface area (Å²) in [7, 11) is 0. The molecule has 1 heterocycles. The van der Waals surface area contributed by atoms with E-state index in [-0.39, 0.29) is 12.2 Å². The number of benzene rings is 2. The van der Waals surface area contributed by atoms with Crippen LogP contribution in [0.1, 0.15) is 44.1 Å². The molecule has 0 aromatic heterocycles. The number of carbonyl (C=O) groups excluding carboxylic acids is 3. The van der Waals surface area contributed by atoms with Gasteiger partial charge in [0, 0.05) is 17.8 Å². The number of amides is 1. The molecule has 1 N–H and O–H groups in total. The van der Waals surface area contributed by atoms with E-state index in [0.29, 0.717) is 5.56 Å². The molecule has 1 unspecified atom stereocenters. The Labute approximate surface area is 185 Å². The van der Waals surface area contributed by atoms with Gasteiger partial charge in [0.2, 0.25) is 11.6 Å². The van der Waals surface area contributed by atoms with E-state index in [1.807, 2.05) is 18.2 Å². The Morgan fingerprint density at radius 2 is 1.81 bits per heavy atom. The van der Waals surface area contributed by atoms with E-state index in [2.05, 4.69) is 5.32 Å². The topological polar surface area (TPSA) is 75.7 Å². The lowest BCUT2D eigenvalue weighted by molar-refractivity contribution is -0.139. The average Bonchev–Trinajstić information content (AvgIpc) is 2.69. The van der Waals surface area contributed by atoms with E-state index < -0.39 is 40.4 Å². The van der Waals surface area contributed by atoms with Crippen LogP contribution >= 0.6 is 11.9 Å². The van der Waals surface area contributed by atoms with Crippen molar-refractivity contribution in [3.8, 4) is 0 Å². The van der Waals surface area contributed by atoms with Crippen molar-refractivity contribution in [2.45, 2.75) is 51.1 Å². The Kier molecular flexibility index (Phi) is 6.81. The third-order valence-electron chi connectivity index (χ3n) is 4.66. The second kappa shape index (κ2) is 9.20. The zero-order valence-corrected chi connectivity index (χ0v) is 18.7. The van der Waals surface area contributed by atoms with Crippen LogP contribution in [-0.2, 0) is 20.9 Å². The summed E-state index contributed by atoms with van der Waals surface area (Å²) >= 11 is 1.24. The third kappa shape index (κ3) is 5.71. The van der Waals surface area contributed by atoms with Gasteiger partial charge in [-0.15, -0.1) is 0 Å². The first-order chi connectivity index (χ1) is 14.5. The van der Waals surface area contributed by atoms with Gasteiger partial charge in [0.25, 0.3) is 0 Å². The Morgan fingerprint density at radius 1 is 1.13 bits per heavy atom. The van der Waals surface area contributed by atoms with E-state index in [0.717, 1.165) is 5.56 Å². The molecule has 1 fully saturated rings. The quantitative estimate of drug-likeness (QED) is 0.534. The number of Topliss-reactive ketones (excluding diaryl/α,β-unsaturated/α-hetero) is 2. The molecule has 0 aliphatic carbocycles. The minimum absolute atomic E-state index is 0.132. The van der Waals surface area contributed by atoms with Crippen LogP contribution in [0, 0.1) is 5.82 Å². The normalized spacial score (nSPS) is 19.9. The van der Waals surface area contributed by atoms with Crippen molar-refractivity contribution in [1.82, 2.24) is 4.31 Å². The molecule has 0 spiro atoms. The highest BCUT2D eigenvalue weighted by Crippen LogP contribution is 2.39. The van der Waals surface area contributed by atoms with E-state index in [9.17, 15) is 18.8 Å². The molecule has 1 amide bonds. The summed E-state index contributed by atoms with van der Waals surface area (Å²) in [5.74, 6) is -1.46. The lowest BCUT2D eigenvalue weighted by Crippen LogP contribution is -2.45. The van der Waals surface area contributed by atoms with Crippen molar-refractivity contribution in [3.05, 3.63) is 65.5 Å². The predicted molar refractivity (Wildman–Crippen MR) is 118 cm³/mol. The van der Waals surface area contributed by atoms with Crippen molar-refractivity contribution in [1.29, 1.82) is 0 Å². The van der Waals surface area contributed by atoms with Crippen LogP contribution in [-0.4, -0.2) is 33.6 Å². The third-order valence-corrected chi connectivity index (χ3v) is 6.07. The average molecular weight is 445 g/mol. The molecule has 2 aromatic rings. The number of halogens is 1. The van der Waals surface area contributed by atoms with Crippen LogP contribution in [0.15, 0.2) is 48.5 Å². The van der Waals surface area contributed by atoms with Gasteiger partial charge < -0.3 is 4.74 Å². The number of hydrogen-bond donors (Lipinski definition) is 1. The molecule has 3 rings (SSSR count). The largest absolute Gasteiger partial charge is 0.444 e. The zero-order chi connectivity index (χ0) is 22.8. The fourth-order valence-corrected chi connectivity index (χ4v) is 4.35. The summed E-state index contributed by atoms with van der Waals surface area (Å²) in [5, 5.41) is 1.85. The van der Waals surface area contributed by atoms with Crippen molar-refractivity contribution in [3.63, 3.8) is 0 Å². The Hall–Kier alpha value is -2.71. The van der Waals surface area contributed by atoms with Crippen LogP contribution in [0.25, 0.3) is 0 Å².